The fraction of sp³-hybridized carbons (Fsp3) is 0.111. The maximum absolute atomic E-state index is 14.0. The molecule has 0 saturated heterocycles. The van der Waals surface area contributed by atoms with Gasteiger partial charge in [-0.1, -0.05) is 12.1 Å². The summed E-state index contributed by atoms with van der Waals surface area (Å²) in [7, 11) is 1.63. The van der Waals surface area contributed by atoms with Crippen LogP contribution in [-0.2, 0) is 6.42 Å². The molecule has 0 aliphatic heterocycles. The molecule has 0 bridgehead atoms. The van der Waals surface area contributed by atoms with Crippen molar-refractivity contribution < 1.29 is 9.13 Å². The average Bonchev–Trinajstić information content (AvgIpc) is 3.06. The van der Waals surface area contributed by atoms with Gasteiger partial charge in [0.2, 0.25) is 5.28 Å². The minimum atomic E-state index is -0.545. The van der Waals surface area contributed by atoms with E-state index in [0.717, 1.165) is 23.3 Å². The molecule has 0 aliphatic rings. The third-order valence-electron chi connectivity index (χ3n) is 3.99. The number of pyridine rings is 1. The zero-order valence-electron chi connectivity index (χ0n) is 13.7. The van der Waals surface area contributed by atoms with Gasteiger partial charge >= 0.3 is 0 Å². The lowest BCUT2D eigenvalue weighted by molar-refractivity contribution is 0.414. The maximum atomic E-state index is 14.0. The van der Waals surface area contributed by atoms with Gasteiger partial charge < -0.3 is 4.74 Å². The van der Waals surface area contributed by atoms with Crippen LogP contribution in [0.4, 0.5) is 4.39 Å². The van der Waals surface area contributed by atoms with E-state index in [1.54, 1.807) is 25.4 Å². The SMILES string of the molecule is COc1ccc(Cc2nnc3cc(-c4nc(Cl)ncc4F)ccn23)cc1. The molecule has 4 aromatic rings. The normalized spacial score (nSPS) is 11.0. The molecular weight excluding hydrogens is 357 g/mol. The second-order valence-electron chi connectivity index (χ2n) is 5.62. The molecule has 130 valence electrons. The van der Waals surface area contributed by atoms with Gasteiger partial charge in [-0.2, -0.15) is 0 Å². The molecule has 4 rings (SSSR count). The first-order valence-corrected chi connectivity index (χ1v) is 8.17. The highest BCUT2D eigenvalue weighted by atomic mass is 35.5. The molecular formula is C18H13ClFN5O. The summed E-state index contributed by atoms with van der Waals surface area (Å²) in [4.78, 5) is 7.58. The molecule has 3 heterocycles. The van der Waals surface area contributed by atoms with Crippen LogP contribution in [0.15, 0.2) is 48.8 Å². The van der Waals surface area contributed by atoms with Gasteiger partial charge in [-0.15, -0.1) is 10.2 Å². The molecule has 0 N–H and O–H groups in total. The van der Waals surface area contributed by atoms with E-state index >= 15 is 0 Å². The van der Waals surface area contributed by atoms with E-state index in [4.69, 9.17) is 16.3 Å². The van der Waals surface area contributed by atoms with Crippen LogP contribution in [0.3, 0.4) is 0 Å². The van der Waals surface area contributed by atoms with E-state index in [1.165, 1.54) is 0 Å². The molecule has 0 fully saturated rings. The highest BCUT2D eigenvalue weighted by Crippen LogP contribution is 2.23. The van der Waals surface area contributed by atoms with E-state index in [2.05, 4.69) is 20.2 Å². The highest BCUT2D eigenvalue weighted by Gasteiger charge is 2.12. The molecule has 26 heavy (non-hydrogen) atoms. The molecule has 0 saturated carbocycles. The van der Waals surface area contributed by atoms with Crippen molar-refractivity contribution in [3.05, 3.63) is 71.3 Å². The van der Waals surface area contributed by atoms with Crippen molar-refractivity contribution in [3.8, 4) is 17.0 Å². The fourth-order valence-corrected chi connectivity index (χ4v) is 2.82. The molecule has 0 aliphatic carbocycles. The number of ether oxygens (including phenoxy) is 1. The van der Waals surface area contributed by atoms with Crippen molar-refractivity contribution in [1.82, 2.24) is 24.6 Å². The Balaban J connectivity index is 1.68. The number of halogens is 2. The molecule has 8 heteroatoms. The van der Waals surface area contributed by atoms with Crippen LogP contribution in [-0.4, -0.2) is 31.7 Å². The number of fused-ring (bicyclic) bond motifs is 1. The van der Waals surface area contributed by atoms with Crippen molar-refractivity contribution in [2.75, 3.05) is 7.11 Å². The number of rotatable bonds is 4. The van der Waals surface area contributed by atoms with Crippen LogP contribution >= 0.6 is 11.6 Å². The zero-order chi connectivity index (χ0) is 18.1. The number of methoxy groups -OCH3 is 1. The first-order valence-electron chi connectivity index (χ1n) is 7.79. The molecule has 0 amide bonds. The van der Waals surface area contributed by atoms with Crippen LogP contribution in [0, 0.1) is 5.82 Å². The van der Waals surface area contributed by atoms with E-state index < -0.39 is 5.82 Å². The molecule has 6 nitrogen and oxygen atoms in total. The Bertz CT molecular complexity index is 1080. The second kappa shape index (κ2) is 6.68. The van der Waals surface area contributed by atoms with Gasteiger partial charge in [0.25, 0.3) is 0 Å². The van der Waals surface area contributed by atoms with Crippen LogP contribution in [0.2, 0.25) is 5.28 Å². The summed E-state index contributed by atoms with van der Waals surface area (Å²) in [6.07, 6.45) is 3.45. The number of benzene rings is 1. The minimum Gasteiger partial charge on any atom is -0.497 e. The van der Waals surface area contributed by atoms with Crippen molar-refractivity contribution in [2.45, 2.75) is 6.42 Å². The van der Waals surface area contributed by atoms with E-state index in [-0.39, 0.29) is 11.0 Å². The number of nitrogens with zero attached hydrogens (tertiary/aromatic N) is 5. The predicted molar refractivity (Wildman–Crippen MR) is 94.8 cm³/mol. The fourth-order valence-electron chi connectivity index (χ4n) is 2.68. The summed E-state index contributed by atoms with van der Waals surface area (Å²) in [6, 6.07) is 11.2. The van der Waals surface area contributed by atoms with E-state index in [9.17, 15) is 4.39 Å². The topological polar surface area (TPSA) is 65.2 Å². The number of hydrogen-bond donors (Lipinski definition) is 0. The van der Waals surface area contributed by atoms with Crippen LogP contribution < -0.4 is 4.74 Å². The Hall–Kier alpha value is -3.06. The maximum Gasteiger partial charge on any atom is 0.223 e. The standard InChI is InChI=1S/C18H13ClFN5O/c1-26-13-4-2-11(3-5-13)8-15-23-24-16-9-12(6-7-25(15)16)17-14(20)10-21-18(19)22-17/h2-7,9-10H,8H2,1H3. The molecule has 3 aromatic heterocycles. The molecule has 0 atom stereocenters. The van der Waals surface area contributed by atoms with Gasteiger partial charge in [-0.3, -0.25) is 4.40 Å². The third kappa shape index (κ3) is 3.09. The summed E-state index contributed by atoms with van der Waals surface area (Å²) < 4.78 is 21.0. The van der Waals surface area contributed by atoms with Gasteiger partial charge in [0, 0.05) is 18.2 Å². The highest BCUT2D eigenvalue weighted by molar-refractivity contribution is 6.28. The summed E-state index contributed by atoms with van der Waals surface area (Å²) in [5, 5.41) is 8.40. The Labute approximate surface area is 153 Å². The van der Waals surface area contributed by atoms with Crippen LogP contribution in [0.5, 0.6) is 5.75 Å². The van der Waals surface area contributed by atoms with E-state index in [0.29, 0.717) is 17.6 Å². The van der Waals surface area contributed by atoms with Gasteiger partial charge in [0.05, 0.1) is 13.3 Å². The smallest absolute Gasteiger partial charge is 0.223 e. The quantitative estimate of drug-likeness (QED) is 0.514. The lowest BCUT2D eigenvalue weighted by Crippen LogP contribution is -1.98. The lowest BCUT2D eigenvalue weighted by Gasteiger charge is -2.05. The number of hydrogen-bond acceptors (Lipinski definition) is 5. The van der Waals surface area contributed by atoms with Gasteiger partial charge in [-0.05, 0) is 41.4 Å². The zero-order valence-corrected chi connectivity index (χ0v) is 14.5. The van der Waals surface area contributed by atoms with Crippen molar-refractivity contribution in [2.24, 2.45) is 0 Å². The summed E-state index contributed by atoms with van der Waals surface area (Å²) in [5.74, 6) is 1.03. The Morgan fingerprint density at radius 3 is 2.73 bits per heavy atom. The second-order valence-corrected chi connectivity index (χ2v) is 5.96. The van der Waals surface area contributed by atoms with Crippen LogP contribution in [0.25, 0.3) is 16.9 Å². The average molecular weight is 370 g/mol. The summed E-state index contributed by atoms with van der Waals surface area (Å²) in [6.45, 7) is 0. The Kier molecular flexibility index (Phi) is 4.22. The van der Waals surface area contributed by atoms with Gasteiger partial charge in [0.15, 0.2) is 11.5 Å². The molecule has 0 spiro atoms. The summed E-state index contributed by atoms with van der Waals surface area (Å²) >= 11 is 5.77. The first-order chi connectivity index (χ1) is 12.6. The monoisotopic (exact) mass is 369 g/mol. The van der Waals surface area contributed by atoms with Gasteiger partial charge in [0.1, 0.15) is 17.3 Å². The lowest BCUT2D eigenvalue weighted by atomic mass is 10.1. The van der Waals surface area contributed by atoms with Crippen LogP contribution in [0.1, 0.15) is 11.4 Å². The molecule has 1 aromatic carbocycles. The Morgan fingerprint density at radius 2 is 1.96 bits per heavy atom. The predicted octanol–water partition coefficient (Wildman–Crippen LogP) is 3.58. The summed E-state index contributed by atoms with van der Waals surface area (Å²) in [5.41, 5.74) is 2.37. The third-order valence-corrected chi connectivity index (χ3v) is 4.17. The molecule has 0 radical (unpaired) electrons. The van der Waals surface area contributed by atoms with E-state index in [1.807, 2.05) is 28.7 Å². The van der Waals surface area contributed by atoms with Crippen molar-refractivity contribution in [3.63, 3.8) is 0 Å². The first kappa shape index (κ1) is 16.4. The van der Waals surface area contributed by atoms with Crippen molar-refractivity contribution >= 4 is 17.2 Å². The number of aromatic nitrogens is 5. The largest absolute Gasteiger partial charge is 0.497 e. The van der Waals surface area contributed by atoms with Crippen molar-refractivity contribution in [1.29, 1.82) is 0 Å². The Morgan fingerprint density at radius 1 is 1.15 bits per heavy atom. The van der Waals surface area contributed by atoms with Gasteiger partial charge in [-0.25, -0.2) is 14.4 Å². The minimum absolute atomic E-state index is 0.0112. The molecule has 0 unspecified atom stereocenters.